The van der Waals surface area contributed by atoms with Gasteiger partial charge in [0.05, 0.1) is 23.2 Å². The largest absolute Gasteiger partial charge is 0.760 e. The van der Waals surface area contributed by atoms with Gasteiger partial charge in [-0.2, -0.15) is 0 Å². The van der Waals surface area contributed by atoms with E-state index in [0.717, 1.165) is 34.8 Å². The molecule has 0 aliphatic heterocycles. The summed E-state index contributed by atoms with van der Waals surface area (Å²) in [5, 5.41) is 3.29. The van der Waals surface area contributed by atoms with Gasteiger partial charge < -0.3 is 14.3 Å². The summed E-state index contributed by atoms with van der Waals surface area (Å²) >= 11 is -0.213. The van der Waals surface area contributed by atoms with Gasteiger partial charge in [0.1, 0.15) is 5.76 Å². The number of halogens is 1. The van der Waals surface area contributed by atoms with Crippen LogP contribution in [0.15, 0.2) is 34.7 Å². The van der Waals surface area contributed by atoms with Gasteiger partial charge >= 0.3 is 0 Å². The van der Waals surface area contributed by atoms with Gasteiger partial charge in [-0.1, -0.05) is 51.0 Å². The minimum absolute atomic E-state index is 0.157. The summed E-state index contributed by atoms with van der Waals surface area (Å²) in [6.45, 7) is 4.76. The molecule has 0 saturated heterocycles. The molecule has 9 heteroatoms. The van der Waals surface area contributed by atoms with Crippen LogP contribution in [0.2, 0.25) is 0 Å². The average molecular weight is 568 g/mol. The third-order valence-corrected chi connectivity index (χ3v) is 7.00. The first kappa shape index (κ1) is 24.8. The number of unbranched alkanes of at least 4 members (excludes halogenated alkanes) is 2. The number of benzene rings is 1. The maximum Gasteiger partial charge on any atom is 0.255 e. The van der Waals surface area contributed by atoms with E-state index in [9.17, 15) is 13.6 Å². The highest BCUT2D eigenvalue weighted by Crippen LogP contribution is 2.34. The Morgan fingerprint density at radius 1 is 1.25 bits per heavy atom. The topological polar surface area (TPSA) is 98.5 Å². The number of hydrogen-bond donors (Lipinski definition) is 1. The van der Waals surface area contributed by atoms with Crippen molar-refractivity contribution >= 4 is 50.9 Å². The number of nitrogens with one attached hydrogen (secondary N) is 1. The number of nitrogens with zero attached hydrogens (tertiary/aromatic N) is 2. The molecule has 0 aliphatic rings. The van der Waals surface area contributed by atoms with Crippen LogP contribution in [0, 0.1) is 3.57 Å². The van der Waals surface area contributed by atoms with Crippen molar-refractivity contribution in [1.82, 2.24) is 14.6 Å². The van der Waals surface area contributed by atoms with Crippen LogP contribution in [0.1, 0.15) is 54.7 Å². The predicted molar refractivity (Wildman–Crippen MR) is 134 cm³/mol. The van der Waals surface area contributed by atoms with Crippen LogP contribution >= 0.6 is 22.6 Å². The number of fused-ring (bicyclic) bond motifs is 1. The molecular formula is C23H27IN3O4S-. The molecule has 172 valence electrons. The zero-order chi connectivity index (χ0) is 23.3. The van der Waals surface area contributed by atoms with Gasteiger partial charge in [-0.05, 0) is 47.1 Å². The van der Waals surface area contributed by atoms with E-state index in [-0.39, 0.29) is 12.5 Å². The van der Waals surface area contributed by atoms with Gasteiger partial charge in [0.25, 0.3) is 5.91 Å². The molecule has 1 aromatic carbocycles. The highest BCUT2D eigenvalue weighted by molar-refractivity contribution is 14.1. The number of aryl methyl sites for hydroxylation is 1. The van der Waals surface area contributed by atoms with Crippen molar-refractivity contribution in [3.8, 4) is 11.3 Å². The highest BCUT2D eigenvalue weighted by atomic mass is 127. The molecule has 0 fully saturated rings. The molecule has 3 rings (SSSR count). The molecule has 1 atom stereocenters. The van der Waals surface area contributed by atoms with Crippen molar-refractivity contribution in [2.75, 3.05) is 13.6 Å². The molecule has 0 aliphatic carbocycles. The van der Waals surface area contributed by atoms with Crippen LogP contribution in [-0.4, -0.2) is 37.6 Å². The van der Waals surface area contributed by atoms with Crippen LogP contribution in [0.5, 0.6) is 0 Å². The van der Waals surface area contributed by atoms with Gasteiger partial charge in [-0.15, -0.1) is 0 Å². The summed E-state index contributed by atoms with van der Waals surface area (Å²) in [5.41, 5.74) is 3.32. The Bertz CT molecular complexity index is 1110. The minimum Gasteiger partial charge on any atom is -0.760 e. The van der Waals surface area contributed by atoms with Gasteiger partial charge in [0, 0.05) is 34.0 Å². The number of amides is 1. The second kappa shape index (κ2) is 11.4. The molecular weight excluding hydrogens is 541 g/mol. The lowest BCUT2D eigenvalue weighted by molar-refractivity contribution is 0.0964. The Balaban J connectivity index is 2.05. The molecule has 1 amide bonds. The van der Waals surface area contributed by atoms with Crippen molar-refractivity contribution in [2.45, 2.75) is 46.1 Å². The Morgan fingerprint density at radius 2 is 1.97 bits per heavy atom. The maximum absolute atomic E-state index is 12.7. The average Bonchev–Trinajstić information content (AvgIpc) is 3.16. The zero-order valence-corrected chi connectivity index (χ0v) is 21.4. The van der Waals surface area contributed by atoms with Crippen molar-refractivity contribution in [3.05, 3.63) is 50.7 Å². The van der Waals surface area contributed by atoms with Crippen LogP contribution in [0.25, 0.3) is 22.4 Å². The fraction of sp³-hybridized carbons (Fsp3) is 0.391. The van der Waals surface area contributed by atoms with Crippen LogP contribution in [-0.2, 0) is 24.2 Å². The standard InChI is InChI=1S/C23H28IN3O4S/c1-4-6-7-12-27(32(29)30)14-19-18(24)13-17-20(22(28)25-3)21(31-23(17)26-19)16-10-8-15(5-2)9-11-16/h8-11,13H,4-7,12,14H2,1-3H3,(H,25,28)(H,29,30)/p-1. The number of rotatable bonds is 10. The van der Waals surface area contributed by atoms with Crippen molar-refractivity contribution in [1.29, 1.82) is 0 Å². The van der Waals surface area contributed by atoms with Crippen LogP contribution < -0.4 is 5.32 Å². The predicted octanol–water partition coefficient (Wildman–Crippen LogP) is 4.81. The molecule has 32 heavy (non-hydrogen) atoms. The molecule has 1 unspecified atom stereocenters. The summed E-state index contributed by atoms with van der Waals surface area (Å²) in [4.78, 5) is 17.3. The zero-order valence-electron chi connectivity index (χ0n) is 18.4. The molecule has 3 aromatic rings. The SMILES string of the molecule is CCCCCN(Cc1nc2oc(-c3ccc(CC)cc3)c(C(=O)NC)c2cc1I)S(=O)[O-]. The normalized spacial score (nSPS) is 12.4. The van der Waals surface area contributed by atoms with E-state index >= 15 is 0 Å². The lowest BCUT2D eigenvalue weighted by Gasteiger charge is -2.24. The lowest BCUT2D eigenvalue weighted by Crippen LogP contribution is -2.27. The van der Waals surface area contributed by atoms with E-state index in [1.807, 2.05) is 30.3 Å². The molecule has 0 spiro atoms. The van der Waals surface area contributed by atoms with Crippen LogP contribution in [0.3, 0.4) is 0 Å². The minimum atomic E-state index is -2.34. The summed E-state index contributed by atoms with van der Waals surface area (Å²) in [5.74, 6) is 0.195. The van der Waals surface area contributed by atoms with Crippen molar-refractivity contribution < 1.29 is 18.0 Å². The second-order valence-corrected chi connectivity index (χ2v) is 9.61. The highest BCUT2D eigenvalue weighted by Gasteiger charge is 2.24. The fourth-order valence-corrected chi connectivity index (χ4v) is 4.61. The summed E-state index contributed by atoms with van der Waals surface area (Å²) in [6, 6.07) is 9.73. The lowest BCUT2D eigenvalue weighted by atomic mass is 10.0. The molecule has 0 bridgehead atoms. The van der Waals surface area contributed by atoms with Gasteiger partial charge in [0.15, 0.2) is 0 Å². The van der Waals surface area contributed by atoms with Gasteiger partial charge in [-0.25, -0.2) is 9.29 Å². The Morgan fingerprint density at radius 3 is 2.56 bits per heavy atom. The first-order valence-electron chi connectivity index (χ1n) is 10.7. The Hall–Kier alpha value is -1.82. The molecule has 2 heterocycles. The fourth-order valence-electron chi connectivity index (χ4n) is 3.50. The molecule has 2 aromatic heterocycles. The number of carbonyl (C=O) groups is 1. The van der Waals surface area contributed by atoms with Gasteiger partial charge in [-0.3, -0.25) is 9.00 Å². The third kappa shape index (κ3) is 5.56. The summed E-state index contributed by atoms with van der Waals surface area (Å²) < 4.78 is 31.7. The second-order valence-electron chi connectivity index (χ2n) is 7.49. The Labute approximate surface area is 204 Å². The van der Waals surface area contributed by atoms with Crippen LogP contribution in [0.4, 0.5) is 0 Å². The number of pyridine rings is 1. The number of hydrogen-bond acceptors (Lipinski definition) is 5. The first-order valence-corrected chi connectivity index (χ1v) is 12.8. The van der Waals surface area contributed by atoms with E-state index in [1.165, 1.54) is 9.87 Å². The van der Waals surface area contributed by atoms with Crippen molar-refractivity contribution in [3.63, 3.8) is 0 Å². The molecule has 0 saturated carbocycles. The van der Waals surface area contributed by atoms with E-state index in [1.54, 1.807) is 7.05 Å². The smallest absolute Gasteiger partial charge is 0.255 e. The van der Waals surface area contributed by atoms with E-state index in [2.05, 4.69) is 46.7 Å². The molecule has 1 N–H and O–H groups in total. The van der Waals surface area contributed by atoms with Gasteiger partial charge in [0.2, 0.25) is 5.71 Å². The van der Waals surface area contributed by atoms with E-state index in [4.69, 9.17) is 4.42 Å². The number of carbonyl (C=O) groups excluding carboxylic acids is 1. The number of aromatic nitrogens is 1. The maximum atomic E-state index is 12.7. The summed E-state index contributed by atoms with van der Waals surface area (Å²) in [7, 11) is 1.58. The van der Waals surface area contributed by atoms with E-state index < -0.39 is 11.3 Å². The molecule has 7 nitrogen and oxygen atoms in total. The molecule has 0 radical (unpaired) electrons. The summed E-state index contributed by atoms with van der Waals surface area (Å²) in [6.07, 6.45) is 3.69. The number of furan rings is 1. The Kier molecular flexibility index (Phi) is 8.80. The third-order valence-electron chi connectivity index (χ3n) is 5.34. The monoisotopic (exact) mass is 568 g/mol. The van der Waals surface area contributed by atoms with Crippen molar-refractivity contribution in [2.24, 2.45) is 0 Å². The van der Waals surface area contributed by atoms with E-state index in [0.29, 0.717) is 34.7 Å². The first-order chi connectivity index (χ1) is 15.4. The quantitative estimate of drug-likeness (QED) is 0.215.